The number of rotatable bonds is 5. The molecule has 1 rings (SSSR count). The van der Waals surface area contributed by atoms with E-state index < -0.39 is 0 Å². The molecule has 0 aromatic heterocycles. The average molecular weight is 207 g/mol. The van der Waals surface area contributed by atoms with Gasteiger partial charge in [-0.1, -0.05) is 18.2 Å². The molecule has 2 nitrogen and oxygen atoms in total. The Labute approximate surface area is 92.6 Å². The Morgan fingerprint density at radius 1 is 1.27 bits per heavy atom. The molecule has 15 heavy (non-hydrogen) atoms. The van der Waals surface area contributed by atoms with E-state index in [1.807, 2.05) is 0 Å². The van der Waals surface area contributed by atoms with Crippen LogP contribution in [-0.4, -0.2) is 19.8 Å². The molecule has 1 unspecified atom stereocenters. The molecule has 0 saturated heterocycles. The Kier molecular flexibility index (Phi) is 4.79. The highest BCUT2D eigenvalue weighted by Crippen LogP contribution is 2.09. The zero-order valence-corrected chi connectivity index (χ0v) is 10.1. The average Bonchev–Trinajstić information content (AvgIpc) is 2.23. The molecule has 0 fully saturated rings. The third kappa shape index (κ3) is 4.02. The van der Waals surface area contributed by atoms with Crippen molar-refractivity contribution in [3.63, 3.8) is 0 Å². The van der Waals surface area contributed by atoms with E-state index in [9.17, 15) is 0 Å². The summed E-state index contributed by atoms with van der Waals surface area (Å²) in [5.74, 6) is 0. The van der Waals surface area contributed by atoms with Gasteiger partial charge in [0.1, 0.15) is 0 Å². The molecule has 0 aliphatic carbocycles. The van der Waals surface area contributed by atoms with E-state index in [2.05, 4.69) is 44.3 Å². The molecule has 0 radical (unpaired) electrons. The molecule has 1 aromatic rings. The summed E-state index contributed by atoms with van der Waals surface area (Å²) in [6.07, 6.45) is 0.275. The van der Waals surface area contributed by atoms with Crippen molar-refractivity contribution in [1.82, 2.24) is 5.32 Å². The van der Waals surface area contributed by atoms with Crippen molar-refractivity contribution in [2.24, 2.45) is 0 Å². The van der Waals surface area contributed by atoms with Crippen molar-refractivity contribution in [2.45, 2.75) is 33.4 Å². The zero-order valence-electron chi connectivity index (χ0n) is 10.1. The fraction of sp³-hybridized carbons (Fsp3) is 0.538. The minimum atomic E-state index is 0.275. The number of aryl methyl sites for hydroxylation is 2. The van der Waals surface area contributed by atoms with Gasteiger partial charge < -0.3 is 10.1 Å². The highest BCUT2D eigenvalue weighted by Gasteiger charge is 1.99. The molecule has 1 aromatic carbocycles. The zero-order chi connectivity index (χ0) is 11.3. The van der Waals surface area contributed by atoms with Gasteiger partial charge in [0.15, 0.2) is 0 Å². The van der Waals surface area contributed by atoms with Crippen molar-refractivity contribution >= 4 is 0 Å². The highest BCUT2D eigenvalue weighted by atomic mass is 16.5. The first-order valence-corrected chi connectivity index (χ1v) is 5.43. The Bertz CT molecular complexity index is 309. The predicted octanol–water partition coefficient (Wildman–Crippen LogP) is 2.43. The first-order chi connectivity index (χ1) is 7.13. The Morgan fingerprint density at radius 3 is 2.60 bits per heavy atom. The van der Waals surface area contributed by atoms with Crippen LogP contribution in [-0.2, 0) is 11.3 Å². The van der Waals surface area contributed by atoms with Crippen LogP contribution in [0.15, 0.2) is 18.2 Å². The smallest absolute Gasteiger partial charge is 0.0667 e. The van der Waals surface area contributed by atoms with Gasteiger partial charge in [-0.15, -0.1) is 0 Å². The minimum Gasteiger partial charge on any atom is -0.380 e. The van der Waals surface area contributed by atoms with Gasteiger partial charge in [0, 0.05) is 20.2 Å². The topological polar surface area (TPSA) is 21.3 Å². The summed E-state index contributed by atoms with van der Waals surface area (Å²) in [5, 5.41) is 3.37. The van der Waals surface area contributed by atoms with Gasteiger partial charge in [-0.05, 0) is 37.5 Å². The van der Waals surface area contributed by atoms with Gasteiger partial charge in [-0.2, -0.15) is 0 Å². The summed E-state index contributed by atoms with van der Waals surface area (Å²) in [4.78, 5) is 0. The van der Waals surface area contributed by atoms with Crippen molar-refractivity contribution in [3.05, 3.63) is 34.9 Å². The molecular weight excluding hydrogens is 186 g/mol. The van der Waals surface area contributed by atoms with E-state index in [1.165, 1.54) is 16.7 Å². The number of ether oxygens (including phenoxy) is 1. The number of hydrogen-bond donors (Lipinski definition) is 1. The fourth-order valence-corrected chi connectivity index (χ4v) is 1.42. The van der Waals surface area contributed by atoms with E-state index in [1.54, 1.807) is 7.11 Å². The maximum atomic E-state index is 5.17. The number of hydrogen-bond acceptors (Lipinski definition) is 2. The lowest BCUT2D eigenvalue weighted by Crippen LogP contribution is -2.25. The predicted molar refractivity (Wildman–Crippen MR) is 64.1 cm³/mol. The quantitative estimate of drug-likeness (QED) is 0.800. The van der Waals surface area contributed by atoms with E-state index >= 15 is 0 Å². The van der Waals surface area contributed by atoms with Gasteiger partial charge in [-0.25, -0.2) is 0 Å². The molecule has 0 spiro atoms. The lowest BCUT2D eigenvalue weighted by atomic mass is 10.1. The molecule has 1 atom stereocenters. The number of benzene rings is 1. The Balaban J connectivity index is 2.41. The first-order valence-electron chi connectivity index (χ1n) is 5.43. The lowest BCUT2D eigenvalue weighted by molar-refractivity contribution is 0.117. The minimum absolute atomic E-state index is 0.275. The summed E-state index contributed by atoms with van der Waals surface area (Å²) >= 11 is 0. The molecule has 2 heteroatoms. The van der Waals surface area contributed by atoms with Gasteiger partial charge in [0.05, 0.1) is 6.10 Å². The molecule has 0 saturated carbocycles. The van der Waals surface area contributed by atoms with Crippen LogP contribution >= 0.6 is 0 Å². The lowest BCUT2D eigenvalue weighted by Gasteiger charge is -2.11. The molecule has 0 amide bonds. The molecule has 1 N–H and O–H groups in total. The maximum Gasteiger partial charge on any atom is 0.0667 e. The second-order valence-electron chi connectivity index (χ2n) is 4.10. The number of methoxy groups -OCH3 is 1. The van der Waals surface area contributed by atoms with Crippen LogP contribution in [0, 0.1) is 13.8 Å². The van der Waals surface area contributed by atoms with E-state index in [0.29, 0.717) is 0 Å². The summed E-state index contributed by atoms with van der Waals surface area (Å²) in [5.41, 5.74) is 4.04. The van der Waals surface area contributed by atoms with Crippen LogP contribution in [0.25, 0.3) is 0 Å². The van der Waals surface area contributed by atoms with E-state index in [4.69, 9.17) is 4.74 Å². The van der Waals surface area contributed by atoms with Gasteiger partial charge in [0.2, 0.25) is 0 Å². The SMILES string of the molecule is COC(C)CNCc1ccc(C)c(C)c1. The second kappa shape index (κ2) is 5.89. The molecule has 0 heterocycles. The van der Waals surface area contributed by atoms with Crippen molar-refractivity contribution in [1.29, 1.82) is 0 Å². The molecule has 0 aliphatic heterocycles. The third-order valence-electron chi connectivity index (χ3n) is 2.73. The molecule has 0 bridgehead atoms. The summed E-state index contributed by atoms with van der Waals surface area (Å²) in [7, 11) is 1.74. The van der Waals surface area contributed by atoms with Gasteiger partial charge in [0.25, 0.3) is 0 Å². The second-order valence-corrected chi connectivity index (χ2v) is 4.10. The summed E-state index contributed by atoms with van der Waals surface area (Å²) < 4.78 is 5.17. The molecule has 0 aliphatic rings. The normalized spacial score (nSPS) is 12.8. The van der Waals surface area contributed by atoms with Gasteiger partial charge >= 0.3 is 0 Å². The third-order valence-corrected chi connectivity index (χ3v) is 2.73. The van der Waals surface area contributed by atoms with Crippen molar-refractivity contribution in [2.75, 3.05) is 13.7 Å². The van der Waals surface area contributed by atoms with Crippen LogP contribution in [0.1, 0.15) is 23.6 Å². The van der Waals surface area contributed by atoms with Crippen LogP contribution in [0.4, 0.5) is 0 Å². The number of nitrogens with one attached hydrogen (secondary N) is 1. The fourth-order valence-electron chi connectivity index (χ4n) is 1.42. The Hall–Kier alpha value is -0.860. The summed E-state index contributed by atoms with van der Waals surface area (Å²) in [6.45, 7) is 8.15. The van der Waals surface area contributed by atoms with E-state index in [-0.39, 0.29) is 6.10 Å². The summed E-state index contributed by atoms with van der Waals surface area (Å²) in [6, 6.07) is 6.58. The van der Waals surface area contributed by atoms with Crippen molar-refractivity contribution < 1.29 is 4.74 Å². The first kappa shape index (κ1) is 12.2. The van der Waals surface area contributed by atoms with Crippen LogP contribution in [0.2, 0.25) is 0 Å². The maximum absolute atomic E-state index is 5.17. The van der Waals surface area contributed by atoms with Crippen LogP contribution in [0.5, 0.6) is 0 Å². The molecular formula is C13H21NO. The largest absolute Gasteiger partial charge is 0.380 e. The standard InChI is InChI=1S/C13H21NO/c1-10-5-6-13(7-11(10)2)9-14-8-12(3)15-4/h5-7,12,14H,8-9H2,1-4H3. The highest BCUT2D eigenvalue weighted by molar-refractivity contribution is 5.29. The van der Waals surface area contributed by atoms with Crippen LogP contribution in [0.3, 0.4) is 0 Å². The monoisotopic (exact) mass is 207 g/mol. The van der Waals surface area contributed by atoms with E-state index in [0.717, 1.165) is 13.1 Å². The van der Waals surface area contributed by atoms with Crippen LogP contribution < -0.4 is 5.32 Å². The van der Waals surface area contributed by atoms with Gasteiger partial charge in [-0.3, -0.25) is 0 Å². The molecule has 84 valence electrons. The van der Waals surface area contributed by atoms with Crippen molar-refractivity contribution in [3.8, 4) is 0 Å². The Morgan fingerprint density at radius 2 is 2.00 bits per heavy atom.